The molecule has 1 amide bonds. The first-order chi connectivity index (χ1) is 9.15. The minimum absolute atomic E-state index is 0.0568. The van der Waals surface area contributed by atoms with Crippen molar-refractivity contribution in [3.8, 4) is 0 Å². The van der Waals surface area contributed by atoms with Crippen molar-refractivity contribution in [2.45, 2.75) is 32.2 Å². The van der Waals surface area contributed by atoms with Crippen LogP contribution in [0, 0.1) is 5.41 Å². The van der Waals surface area contributed by atoms with Gasteiger partial charge in [0.1, 0.15) is 0 Å². The molecule has 0 atom stereocenters. The predicted molar refractivity (Wildman–Crippen MR) is 74.7 cm³/mol. The molecular formula is C15H22N2O2. The molecule has 0 aliphatic heterocycles. The summed E-state index contributed by atoms with van der Waals surface area (Å²) in [6, 6.07) is 7.35. The molecule has 104 valence electrons. The Morgan fingerprint density at radius 1 is 1.37 bits per heavy atom. The molecular weight excluding hydrogens is 240 g/mol. The van der Waals surface area contributed by atoms with Crippen molar-refractivity contribution in [2.24, 2.45) is 11.1 Å². The summed E-state index contributed by atoms with van der Waals surface area (Å²) in [6.45, 7) is 1.77. The molecule has 1 aromatic carbocycles. The number of hydrogen-bond donors (Lipinski definition) is 3. The van der Waals surface area contributed by atoms with Crippen LogP contribution in [0.1, 0.15) is 41.6 Å². The Kier molecular flexibility index (Phi) is 4.56. The second-order valence-corrected chi connectivity index (χ2v) is 5.53. The Morgan fingerprint density at radius 3 is 2.74 bits per heavy atom. The monoisotopic (exact) mass is 262 g/mol. The number of benzene rings is 1. The molecule has 0 saturated heterocycles. The third-order valence-electron chi connectivity index (χ3n) is 4.04. The van der Waals surface area contributed by atoms with Gasteiger partial charge in [0.25, 0.3) is 0 Å². The highest BCUT2D eigenvalue weighted by Gasteiger charge is 2.32. The minimum atomic E-state index is -0.399. The molecule has 0 bridgehead atoms. The first-order valence-corrected chi connectivity index (χ1v) is 6.86. The van der Waals surface area contributed by atoms with E-state index in [1.165, 1.54) is 12.8 Å². The number of primary amides is 1. The highest BCUT2D eigenvalue weighted by molar-refractivity contribution is 5.92. The maximum atomic E-state index is 11.1. The third kappa shape index (κ3) is 3.55. The molecule has 1 aromatic rings. The minimum Gasteiger partial charge on any atom is -0.396 e. The van der Waals surface area contributed by atoms with Crippen molar-refractivity contribution in [3.63, 3.8) is 0 Å². The number of amides is 1. The van der Waals surface area contributed by atoms with Crippen LogP contribution in [0.2, 0.25) is 0 Å². The Morgan fingerprint density at radius 2 is 2.11 bits per heavy atom. The second-order valence-electron chi connectivity index (χ2n) is 5.53. The van der Waals surface area contributed by atoms with Crippen LogP contribution in [0.4, 0.5) is 0 Å². The van der Waals surface area contributed by atoms with Crippen LogP contribution in [0.15, 0.2) is 24.3 Å². The summed E-state index contributed by atoms with van der Waals surface area (Å²) in [6.07, 6.45) is 4.61. The SMILES string of the molecule is NC(=O)c1cccc(CNCC2(CO)CCCC2)c1. The molecule has 1 aliphatic rings. The molecule has 1 aliphatic carbocycles. The average Bonchev–Trinajstić information content (AvgIpc) is 2.88. The summed E-state index contributed by atoms with van der Waals surface area (Å²) >= 11 is 0. The van der Waals surface area contributed by atoms with Crippen LogP contribution in [-0.2, 0) is 6.54 Å². The Bertz CT molecular complexity index is 440. The van der Waals surface area contributed by atoms with Crippen LogP contribution < -0.4 is 11.1 Å². The highest BCUT2D eigenvalue weighted by atomic mass is 16.3. The van der Waals surface area contributed by atoms with Crippen molar-refractivity contribution >= 4 is 5.91 Å². The second kappa shape index (κ2) is 6.17. The third-order valence-corrected chi connectivity index (χ3v) is 4.04. The van der Waals surface area contributed by atoms with Gasteiger partial charge in [0, 0.05) is 30.7 Å². The zero-order chi connectivity index (χ0) is 13.7. The molecule has 4 N–H and O–H groups in total. The fourth-order valence-electron chi connectivity index (χ4n) is 2.82. The van der Waals surface area contributed by atoms with Gasteiger partial charge in [-0.05, 0) is 30.5 Å². The zero-order valence-corrected chi connectivity index (χ0v) is 11.2. The predicted octanol–water partition coefficient (Wildman–Crippen LogP) is 1.43. The van der Waals surface area contributed by atoms with Gasteiger partial charge in [-0.15, -0.1) is 0 Å². The van der Waals surface area contributed by atoms with Crippen LogP contribution in [0.5, 0.6) is 0 Å². The van der Waals surface area contributed by atoms with E-state index in [1.54, 1.807) is 6.07 Å². The van der Waals surface area contributed by atoms with Crippen molar-refractivity contribution < 1.29 is 9.90 Å². The molecule has 19 heavy (non-hydrogen) atoms. The first-order valence-electron chi connectivity index (χ1n) is 6.86. The van der Waals surface area contributed by atoms with Gasteiger partial charge in [0.05, 0.1) is 0 Å². The van der Waals surface area contributed by atoms with E-state index in [-0.39, 0.29) is 12.0 Å². The van der Waals surface area contributed by atoms with E-state index < -0.39 is 5.91 Å². The van der Waals surface area contributed by atoms with Crippen LogP contribution in [-0.4, -0.2) is 24.2 Å². The number of aliphatic hydroxyl groups is 1. The van der Waals surface area contributed by atoms with E-state index in [9.17, 15) is 9.90 Å². The summed E-state index contributed by atoms with van der Waals surface area (Å²) < 4.78 is 0. The van der Waals surface area contributed by atoms with Gasteiger partial charge >= 0.3 is 0 Å². The summed E-state index contributed by atoms with van der Waals surface area (Å²) in [5, 5.41) is 12.9. The number of aliphatic hydroxyl groups excluding tert-OH is 1. The zero-order valence-electron chi connectivity index (χ0n) is 11.2. The van der Waals surface area contributed by atoms with Gasteiger partial charge in [-0.25, -0.2) is 0 Å². The molecule has 2 rings (SSSR count). The van der Waals surface area contributed by atoms with E-state index in [0.29, 0.717) is 12.1 Å². The van der Waals surface area contributed by atoms with Crippen molar-refractivity contribution in [3.05, 3.63) is 35.4 Å². The fourth-order valence-corrected chi connectivity index (χ4v) is 2.82. The van der Waals surface area contributed by atoms with E-state index >= 15 is 0 Å². The standard InChI is InChI=1S/C15H22N2O2/c16-14(19)13-5-3-4-12(8-13)9-17-10-15(11-18)6-1-2-7-15/h3-5,8,17-18H,1-2,6-7,9-11H2,(H2,16,19). The quantitative estimate of drug-likeness (QED) is 0.726. The maximum Gasteiger partial charge on any atom is 0.248 e. The lowest BCUT2D eigenvalue weighted by atomic mass is 9.87. The Labute approximate surface area is 114 Å². The molecule has 0 aromatic heterocycles. The van der Waals surface area contributed by atoms with Crippen molar-refractivity contribution in [1.82, 2.24) is 5.32 Å². The molecule has 1 saturated carbocycles. The number of rotatable bonds is 6. The van der Waals surface area contributed by atoms with E-state index in [4.69, 9.17) is 5.73 Å². The van der Waals surface area contributed by atoms with Gasteiger partial charge in [0.15, 0.2) is 0 Å². The number of nitrogens with two attached hydrogens (primary N) is 1. The molecule has 0 unspecified atom stereocenters. The molecule has 4 heteroatoms. The van der Waals surface area contributed by atoms with Crippen LogP contribution in [0.25, 0.3) is 0 Å². The van der Waals surface area contributed by atoms with Crippen LogP contribution in [0.3, 0.4) is 0 Å². The van der Waals surface area contributed by atoms with Gasteiger partial charge in [0.2, 0.25) is 5.91 Å². The summed E-state index contributed by atoms with van der Waals surface area (Å²) in [5.41, 5.74) is 6.90. The molecule has 0 spiro atoms. The smallest absolute Gasteiger partial charge is 0.248 e. The number of carbonyl (C=O) groups is 1. The number of carbonyl (C=O) groups excluding carboxylic acids is 1. The average molecular weight is 262 g/mol. The number of nitrogens with one attached hydrogen (secondary N) is 1. The van der Waals surface area contributed by atoms with Gasteiger partial charge in [-0.3, -0.25) is 4.79 Å². The summed E-state index contributed by atoms with van der Waals surface area (Å²) in [4.78, 5) is 11.1. The first kappa shape index (κ1) is 14.0. The topological polar surface area (TPSA) is 75.4 Å². The summed E-state index contributed by atoms with van der Waals surface area (Å²) in [7, 11) is 0. The summed E-state index contributed by atoms with van der Waals surface area (Å²) in [5.74, 6) is -0.399. The lowest BCUT2D eigenvalue weighted by molar-refractivity contribution is 0.1000. The molecule has 4 nitrogen and oxygen atoms in total. The lowest BCUT2D eigenvalue weighted by Gasteiger charge is -2.26. The highest BCUT2D eigenvalue weighted by Crippen LogP contribution is 2.36. The number of hydrogen-bond acceptors (Lipinski definition) is 3. The van der Waals surface area contributed by atoms with Crippen molar-refractivity contribution in [2.75, 3.05) is 13.2 Å². The van der Waals surface area contributed by atoms with Gasteiger partial charge < -0.3 is 16.2 Å². The van der Waals surface area contributed by atoms with Crippen LogP contribution >= 0.6 is 0 Å². The Balaban J connectivity index is 1.88. The largest absolute Gasteiger partial charge is 0.396 e. The van der Waals surface area contributed by atoms with Gasteiger partial charge in [-0.2, -0.15) is 0 Å². The van der Waals surface area contributed by atoms with E-state index in [1.807, 2.05) is 18.2 Å². The normalized spacial score (nSPS) is 17.5. The molecule has 1 fully saturated rings. The Hall–Kier alpha value is -1.39. The fraction of sp³-hybridized carbons (Fsp3) is 0.533. The lowest BCUT2D eigenvalue weighted by Crippen LogP contribution is -2.34. The van der Waals surface area contributed by atoms with Crippen molar-refractivity contribution in [1.29, 1.82) is 0 Å². The van der Waals surface area contributed by atoms with E-state index in [2.05, 4.69) is 5.32 Å². The molecule has 0 heterocycles. The van der Waals surface area contributed by atoms with E-state index in [0.717, 1.165) is 24.9 Å². The van der Waals surface area contributed by atoms with Gasteiger partial charge in [-0.1, -0.05) is 25.0 Å². The molecule has 0 radical (unpaired) electrons. The maximum absolute atomic E-state index is 11.1.